The summed E-state index contributed by atoms with van der Waals surface area (Å²) in [5.41, 5.74) is 0.151. The van der Waals surface area contributed by atoms with Crippen molar-refractivity contribution in [3.63, 3.8) is 0 Å². The first-order valence-electron chi connectivity index (χ1n) is 8.58. The Morgan fingerprint density at radius 3 is 2.08 bits per heavy atom. The number of ketones is 1. The third-order valence-electron chi connectivity index (χ3n) is 3.51. The van der Waals surface area contributed by atoms with Crippen LogP contribution in [-0.4, -0.2) is 63.0 Å². The van der Waals surface area contributed by atoms with Crippen molar-refractivity contribution in [1.82, 2.24) is 5.32 Å². The van der Waals surface area contributed by atoms with Gasteiger partial charge in [-0.1, -0.05) is 27.7 Å². The van der Waals surface area contributed by atoms with Gasteiger partial charge in [-0.25, -0.2) is 0 Å². The molecule has 0 aliphatic rings. The minimum absolute atomic E-state index is 0.00553. The lowest BCUT2D eigenvalue weighted by atomic mass is 10.1. The van der Waals surface area contributed by atoms with Gasteiger partial charge in [0.15, 0.2) is 5.78 Å². The number of carbonyl (C=O) groups is 2. The lowest BCUT2D eigenvalue weighted by Crippen LogP contribution is -2.37. The largest absolute Gasteiger partial charge is 0.377 e. The molecule has 0 rings (SSSR count). The van der Waals surface area contributed by atoms with Crippen LogP contribution in [0.3, 0.4) is 0 Å². The Morgan fingerprint density at radius 2 is 1.50 bits per heavy atom. The van der Waals surface area contributed by atoms with Crippen molar-refractivity contribution in [2.75, 3.05) is 39.6 Å². The zero-order valence-electron chi connectivity index (χ0n) is 15.7. The first kappa shape index (κ1) is 23.4. The number of carbonyl (C=O) groups excluding carboxylic acids is 2. The lowest BCUT2D eigenvalue weighted by molar-refractivity contribution is -0.127. The number of hydrogen-bond donors (Lipinski definition) is 1. The van der Waals surface area contributed by atoms with Crippen LogP contribution >= 0.6 is 9.24 Å². The van der Waals surface area contributed by atoms with E-state index in [4.69, 9.17) is 14.2 Å². The fraction of sp³-hybridized carbons (Fsp3) is 0.882. The number of amides is 1. The van der Waals surface area contributed by atoms with E-state index in [0.29, 0.717) is 33.0 Å². The van der Waals surface area contributed by atoms with Crippen molar-refractivity contribution >= 4 is 20.9 Å². The molecule has 0 bridgehead atoms. The van der Waals surface area contributed by atoms with Crippen LogP contribution in [0.15, 0.2) is 0 Å². The second-order valence-corrected chi connectivity index (χ2v) is 7.28. The summed E-state index contributed by atoms with van der Waals surface area (Å²) in [7, 11) is 2.70. The van der Waals surface area contributed by atoms with Crippen molar-refractivity contribution in [2.45, 2.75) is 46.4 Å². The van der Waals surface area contributed by atoms with E-state index < -0.39 is 0 Å². The van der Waals surface area contributed by atoms with Crippen molar-refractivity contribution in [2.24, 2.45) is 11.8 Å². The van der Waals surface area contributed by atoms with Crippen LogP contribution in [0.2, 0.25) is 0 Å². The molecule has 1 N–H and O–H groups in total. The molecule has 7 heteroatoms. The average Bonchev–Trinajstić information content (AvgIpc) is 2.53. The first-order valence-corrected chi connectivity index (χ1v) is 9.25. The Hall–Kier alpha value is -0.550. The molecule has 1 amide bonds. The zero-order chi connectivity index (χ0) is 18.5. The van der Waals surface area contributed by atoms with Crippen molar-refractivity contribution < 1.29 is 23.8 Å². The summed E-state index contributed by atoms with van der Waals surface area (Å²) in [6.45, 7) is 11.9. The van der Waals surface area contributed by atoms with E-state index in [0.717, 1.165) is 0 Å². The maximum atomic E-state index is 11.5. The third-order valence-corrected chi connectivity index (χ3v) is 4.29. The number of rotatable bonds is 14. The smallest absolute Gasteiger partial charge is 0.222 e. The molecule has 3 unspecified atom stereocenters. The second-order valence-electron chi connectivity index (χ2n) is 6.43. The van der Waals surface area contributed by atoms with Gasteiger partial charge in [-0.05, 0) is 6.92 Å². The highest BCUT2D eigenvalue weighted by Gasteiger charge is 2.15. The molecule has 0 heterocycles. The van der Waals surface area contributed by atoms with Crippen LogP contribution in [0.25, 0.3) is 0 Å². The summed E-state index contributed by atoms with van der Waals surface area (Å²) in [6, 6.07) is 0. The number of nitrogens with one attached hydrogen (secondary N) is 1. The Morgan fingerprint density at radius 1 is 0.917 bits per heavy atom. The first-order chi connectivity index (χ1) is 11.3. The zero-order valence-corrected chi connectivity index (χ0v) is 16.8. The molecule has 0 aromatic heterocycles. The number of Topliss-reactive ketones (excluding diaryl/α,β-unsaturated/α-hetero) is 1. The molecule has 0 saturated heterocycles. The fourth-order valence-electron chi connectivity index (χ4n) is 1.56. The Labute approximate surface area is 148 Å². The predicted molar refractivity (Wildman–Crippen MR) is 98.2 cm³/mol. The molecular formula is C17H34NO5P. The van der Waals surface area contributed by atoms with Gasteiger partial charge in [0.1, 0.15) is 6.61 Å². The Kier molecular flexibility index (Phi) is 13.4. The van der Waals surface area contributed by atoms with Crippen LogP contribution in [-0.2, 0) is 23.8 Å². The molecule has 0 aliphatic heterocycles. The quantitative estimate of drug-likeness (QED) is 0.375. The summed E-state index contributed by atoms with van der Waals surface area (Å²) >= 11 is 0. The molecule has 0 radical (unpaired) electrons. The predicted octanol–water partition coefficient (Wildman–Crippen LogP) is 1.67. The third kappa shape index (κ3) is 11.9. The van der Waals surface area contributed by atoms with E-state index in [2.05, 4.69) is 14.6 Å². The van der Waals surface area contributed by atoms with Crippen LogP contribution in [0.4, 0.5) is 0 Å². The van der Waals surface area contributed by atoms with Crippen LogP contribution < -0.4 is 5.32 Å². The van der Waals surface area contributed by atoms with E-state index in [9.17, 15) is 9.59 Å². The Bertz CT molecular complexity index is 363. The van der Waals surface area contributed by atoms with Gasteiger partial charge in [0, 0.05) is 24.0 Å². The molecule has 142 valence electrons. The van der Waals surface area contributed by atoms with E-state index in [1.165, 1.54) is 0 Å². The fourth-order valence-corrected chi connectivity index (χ4v) is 1.79. The van der Waals surface area contributed by atoms with E-state index in [1.807, 2.05) is 34.6 Å². The van der Waals surface area contributed by atoms with Gasteiger partial charge >= 0.3 is 0 Å². The average molecular weight is 363 g/mol. The molecule has 0 aliphatic carbocycles. The molecule has 0 aromatic carbocycles. The summed E-state index contributed by atoms with van der Waals surface area (Å²) in [4.78, 5) is 22.9. The minimum Gasteiger partial charge on any atom is -0.377 e. The monoisotopic (exact) mass is 363 g/mol. The molecule has 0 fully saturated rings. The minimum atomic E-state index is -0.00937. The lowest BCUT2D eigenvalue weighted by Gasteiger charge is -2.21. The van der Waals surface area contributed by atoms with Crippen molar-refractivity contribution in [3.05, 3.63) is 0 Å². The molecule has 3 atom stereocenters. The van der Waals surface area contributed by atoms with Crippen LogP contribution in [0.5, 0.6) is 0 Å². The molecule has 24 heavy (non-hydrogen) atoms. The van der Waals surface area contributed by atoms with Crippen molar-refractivity contribution in [3.8, 4) is 0 Å². The van der Waals surface area contributed by atoms with Gasteiger partial charge in [-0.15, -0.1) is 9.24 Å². The van der Waals surface area contributed by atoms with Gasteiger partial charge < -0.3 is 19.5 Å². The summed E-state index contributed by atoms with van der Waals surface area (Å²) in [5.74, 6) is 0.146. The number of hydrogen-bond acceptors (Lipinski definition) is 5. The van der Waals surface area contributed by atoms with Gasteiger partial charge in [-0.3, -0.25) is 9.59 Å². The number of ether oxygens (including phenoxy) is 3. The molecular weight excluding hydrogens is 329 g/mol. The summed E-state index contributed by atoms with van der Waals surface area (Å²) < 4.78 is 16.3. The SMILES string of the molecule is CC(C)C(=O)COCCOCCOC(C)C(P)CNC(=O)C(C)C. The van der Waals surface area contributed by atoms with Gasteiger partial charge in [0.05, 0.1) is 32.5 Å². The van der Waals surface area contributed by atoms with Gasteiger partial charge in [0.25, 0.3) is 0 Å². The summed E-state index contributed by atoms with van der Waals surface area (Å²) in [5, 5.41) is 2.89. The van der Waals surface area contributed by atoms with Crippen LogP contribution in [0, 0.1) is 11.8 Å². The standard InChI is InChI=1S/C17H34NO5P/c1-12(2)15(19)11-22-7-6-21-8-9-23-14(5)16(24)10-18-17(20)13(3)4/h12-14,16H,6-11,24H2,1-5H3,(H,18,20). The van der Waals surface area contributed by atoms with E-state index >= 15 is 0 Å². The highest BCUT2D eigenvalue weighted by atomic mass is 31.0. The topological polar surface area (TPSA) is 73.9 Å². The highest BCUT2D eigenvalue weighted by molar-refractivity contribution is 7.17. The van der Waals surface area contributed by atoms with Crippen LogP contribution in [0.1, 0.15) is 34.6 Å². The maximum absolute atomic E-state index is 11.5. The van der Waals surface area contributed by atoms with Gasteiger partial charge in [-0.2, -0.15) is 0 Å². The molecule has 0 saturated carbocycles. The van der Waals surface area contributed by atoms with E-state index in [-0.39, 0.29) is 41.9 Å². The highest BCUT2D eigenvalue weighted by Crippen LogP contribution is 2.09. The van der Waals surface area contributed by atoms with Gasteiger partial charge in [0.2, 0.25) is 5.91 Å². The Balaban J connectivity index is 3.56. The maximum Gasteiger partial charge on any atom is 0.222 e. The summed E-state index contributed by atoms with van der Waals surface area (Å²) in [6.07, 6.45) is 0.00553. The molecule has 0 spiro atoms. The molecule has 6 nitrogen and oxygen atoms in total. The molecule has 0 aromatic rings. The van der Waals surface area contributed by atoms with Crippen molar-refractivity contribution in [1.29, 1.82) is 0 Å². The normalized spacial score (nSPS) is 14.0. The van der Waals surface area contributed by atoms with E-state index in [1.54, 1.807) is 0 Å². The second kappa shape index (κ2) is 13.7.